The summed E-state index contributed by atoms with van der Waals surface area (Å²) in [6.45, 7) is 13.7. The van der Waals surface area contributed by atoms with E-state index in [2.05, 4.69) is 40.7 Å². The molecule has 372 valence electrons. The van der Waals surface area contributed by atoms with Crippen LogP contribution in [0.15, 0.2) is 11.6 Å². The van der Waals surface area contributed by atoms with E-state index in [-0.39, 0.29) is 35.2 Å². The molecule has 0 bridgehead atoms. The van der Waals surface area contributed by atoms with E-state index in [1.807, 2.05) is 13.8 Å². The first-order chi connectivity index (χ1) is 30.3. The molecule has 8 rings (SSSR count). The zero-order valence-corrected chi connectivity index (χ0v) is 38.8. The van der Waals surface area contributed by atoms with Gasteiger partial charge in [0.05, 0.1) is 36.9 Å². The number of carbonyl (C=O) groups is 1. The number of rotatable bonds is 8. The highest BCUT2D eigenvalue weighted by Gasteiger charge is 2.72. The highest BCUT2D eigenvalue weighted by Crippen LogP contribution is 2.76. The van der Waals surface area contributed by atoms with Crippen molar-refractivity contribution in [3.63, 3.8) is 0 Å². The van der Waals surface area contributed by atoms with Gasteiger partial charge in [-0.3, -0.25) is 4.79 Å². The van der Waals surface area contributed by atoms with Gasteiger partial charge in [0.1, 0.15) is 67.1 Å². The Morgan fingerprint density at radius 1 is 0.692 bits per heavy atom. The van der Waals surface area contributed by atoms with Gasteiger partial charge in [-0.15, -0.1) is 0 Å². The summed E-state index contributed by atoms with van der Waals surface area (Å²) in [6, 6.07) is 0. The van der Waals surface area contributed by atoms with Gasteiger partial charge in [0.2, 0.25) is 6.29 Å². The van der Waals surface area contributed by atoms with E-state index >= 15 is 0 Å². The average Bonchev–Trinajstić information content (AvgIpc) is 3.25. The lowest BCUT2D eigenvalue weighted by Crippen LogP contribution is -2.68. The number of fused-ring (bicyclic) bond motifs is 7. The molecule has 7 fully saturated rings. The average molecular weight is 929 g/mol. The van der Waals surface area contributed by atoms with E-state index < -0.39 is 139 Å². The van der Waals surface area contributed by atoms with Crippen LogP contribution in [0.3, 0.4) is 0 Å². The van der Waals surface area contributed by atoms with E-state index in [9.17, 15) is 61.0 Å². The summed E-state index contributed by atoms with van der Waals surface area (Å²) < 4.78 is 35.9. The van der Waals surface area contributed by atoms with Crippen molar-refractivity contribution in [2.24, 2.45) is 50.7 Å². The Hall–Kier alpha value is -1.43. The normalized spacial score (nSPS) is 55.4. The van der Waals surface area contributed by atoms with E-state index in [1.165, 1.54) is 0 Å². The van der Waals surface area contributed by atoms with Crippen molar-refractivity contribution in [1.29, 1.82) is 0 Å². The third-order valence-electron chi connectivity index (χ3n) is 19.3. The van der Waals surface area contributed by atoms with Crippen LogP contribution in [0.5, 0.6) is 0 Å². The first-order valence-corrected chi connectivity index (χ1v) is 23.9. The Kier molecular flexibility index (Phi) is 13.4. The molecule has 3 aliphatic heterocycles. The lowest BCUT2D eigenvalue weighted by molar-refractivity contribution is -0.367. The van der Waals surface area contributed by atoms with Crippen LogP contribution >= 0.6 is 0 Å². The van der Waals surface area contributed by atoms with Crippen LogP contribution in [0.4, 0.5) is 0 Å². The van der Waals surface area contributed by atoms with Crippen molar-refractivity contribution in [3.05, 3.63) is 11.6 Å². The quantitative estimate of drug-likeness (QED) is 0.0850. The first-order valence-electron chi connectivity index (χ1n) is 23.9. The van der Waals surface area contributed by atoms with Gasteiger partial charge in [0.25, 0.3) is 0 Å². The van der Waals surface area contributed by atoms with Crippen LogP contribution < -0.4 is 0 Å². The summed E-state index contributed by atoms with van der Waals surface area (Å²) in [5, 5.41) is 117. The van der Waals surface area contributed by atoms with Gasteiger partial charge in [-0.2, -0.15) is 0 Å². The van der Waals surface area contributed by atoms with Crippen molar-refractivity contribution in [1.82, 2.24) is 0 Å². The molecule has 0 aromatic heterocycles. The van der Waals surface area contributed by atoms with E-state index in [0.717, 1.165) is 24.8 Å². The monoisotopic (exact) mass is 929 g/mol. The van der Waals surface area contributed by atoms with Gasteiger partial charge >= 0.3 is 5.97 Å². The third-order valence-corrected chi connectivity index (χ3v) is 19.3. The molecular formula is C47H76O18. The first kappa shape index (κ1) is 50.0. The molecule has 0 radical (unpaired) electrons. The number of ether oxygens (including phenoxy) is 6. The zero-order valence-electron chi connectivity index (χ0n) is 38.8. The van der Waals surface area contributed by atoms with Crippen LogP contribution in [-0.2, 0) is 33.2 Å². The topological polar surface area (TPSA) is 295 Å². The molecule has 65 heavy (non-hydrogen) atoms. The molecule has 0 aromatic rings. The van der Waals surface area contributed by atoms with Crippen molar-refractivity contribution in [3.8, 4) is 0 Å². The summed E-state index contributed by atoms with van der Waals surface area (Å²) in [4.78, 5) is 14.7. The largest absolute Gasteiger partial charge is 0.432 e. The number of hydrogen-bond acceptors (Lipinski definition) is 18. The summed E-state index contributed by atoms with van der Waals surface area (Å²) >= 11 is 0. The molecule has 3 saturated heterocycles. The van der Waals surface area contributed by atoms with Crippen LogP contribution in [0.25, 0.3) is 0 Å². The number of allylic oxidation sites excluding steroid dienone is 1. The molecule has 18 heteroatoms. The highest BCUT2D eigenvalue weighted by atomic mass is 16.8. The number of aliphatic hydroxyl groups is 11. The smallest absolute Gasteiger partial charge is 0.315 e. The maximum atomic E-state index is 14.7. The van der Waals surface area contributed by atoms with Crippen LogP contribution in [-0.4, -0.2) is 180 Å². The second-order valence-corrected chi connectivity index (χ2v) is 22.7. The Morgan fingerprint density at radius 2 is 1.31 bits per heavy atom. The third kappa shape index (κ3) is 7.53. The second-order valence-electron chi connectivity index (χ2n) is 22.7. The van der Waals surface area contributed by atoms with Crippen LogP contribution in [0.2, 0.25) is 0 Å². The molecule has 3 heterocycles. The van der Waals surface area contributed by atoms with E-state index in [0.29, 0.717) is 38.5 Å². The Balaban J connectivity index is 1.05. The fraction of sp³-hybridized carbons (Fsp3) is 0.936. The molecule has 0 spiro atoms. The Morgan fingerprint density at radius 3 is 1.94 bits per heavy atom. The number of esters is 1. The molecule has 11 N–H and O–H groups in total. The lowest BCUT2D eigenvalue weighted by Gasteiger charge is -2.72. The Bertz CT molecular complexity index is 1770. The number of carbonyl (C=O) groups excluding carboxylic acids is 1. The van der Waals surface area contributed by atoms with E-state index in [1.54, 1.807) is 0 Å². The SMILES string of the molecule is CC1CCC2(C(=O)O[C@@H]3O[C@H](CO)[C@@H](O)[C@H](O)[C@H]3O)CC[C@]3(C)C(=CCC4C5(C)CCC(O[C@@H]6OC[C@@H](O)[C@H](O)[C@H]6O[C@@H]6O[C@H](CO)[C@@H](O)[C@H](O)[C@H]6O)C(C)(C)[C@@H]5CCC43C)[C@@H]2[C@]1(C)O. The van der Waals surface area contributed by atoms with Crippen molar-refractivity contribution in [2.45, 2.75) is 204 Å². The van der Waals surface area contributed by atoms with Gasteiger partial charge in [-0.1, -0.05) is 53.2 Å². The van der Waals surface area contributed by atoms with Gasteiger partial charge in [0.15, 0.2) is 12.6 Å². The van der Waals surface area contributed by atoms with E-state index in [4.69, 9.17) is 28.4 Å². The van der Waals surface area contributed by atoms with Gasteiger partial charge < -0.3 is 84.6 Å². The molecule has 0 aromatic carbocycles. The van der Waals surface area contributed by atoms with Crippen molar-refractivity contribution >= 4 is 5.97 Å². The summed E-state index contributed by atoms with van der Waals surface area (Å²) in [5.41, 5.74) is -2.75. The van der Waals surface area contributed by atoms with Crippen LogP contribution in [0, 0.1) is 50.7 Å². The lowest BCUT2D eigenvalue weighted by atomic mass is 9.33. The molecule has 24 atom stereocenters. The molecule has 0 amide bonds. The van der Waals surface area contributed by atoms with Crippen LogP contribution in [0.1, 0.15) is 106 Å². The summed E-state index contributed by atoms with van der Waals surface area (Å²) in [7, 11) is 0. The maximum absolute atomic E-state index is 14.7. The minimum atomic E-state index is -1.75. The molecule has 8 aliphatic rings. The predicted molar refractivity (Wildman–Crippen MR) is 226 cm³/mol. The summed E-state index contributed by atoms with van der Waals surface area (Å²) in [5.74, 6) is -1.06. The standard InChI is InChI=1S/C47H76O18/c1-21-10-15-47(41(58)65-39-35(57)33(55)31(53)25(19-49)62-39)17-16-44(5)22(37(47)46(21,7)59)8-9-27-43(4)13-12-28(42(2,3)26(43)11-14-45(27,44)6)63-40-36(29(51)23(50)20-60-40)64-38-34(56)32(54)30(52)24(18-48)61-38/h8,21,23-40,48-57,59H,9-20H2,1-7H3/t21?,23-,24-,25-,26+,27?,28?,29+,30-,31-,32+,33+,34-,35-,36-,37-,38+,39+,40+,43?,44-,45?,46-,47?/m1/s1. The predicted octanol–water partition coefficient (Wildman–Crippen LogP) is -0.250. The zero-order chi connectivity index (χ0) is 47.6. The Labute approximate surface area is 380 Å². The number of aliphatic hydroxyl groups excluding tert-OH is 10. The minimum absolute atomic E-state index is 0.154. The second kappa shape index (κ2) is 17.5. The van der Waals surface area contributed by atoms with Gasteiger partial charge in [0, 0.05) is 5.92 Å². The minimum Gasteiger partial charge on any atom is -0.432 e. The fourth-order valence-corrected chi connectivity index (χ4v) is 15.0. The van der Waals surface area contributed by atoms with Crippen molar-refractivity contribution in [2.75, 3.05) is 19.8 Å². The molecule has 6 unspecified atom stereocenters. The summed E-state index contributed by atoms with van der Waals surface area (Å²) in [6.07, 6.45) is -13.6. The molecule has 4 saturated carbocycles. The number of hydrogen-bond donors (Lipinski definition) is 11. The van der Waals surface area contributed by atoms with Gasteiger partial charge in [-0.25, -0.2) is 0 Å². The highest BCUT2D eigenvalue weighted by molar-refractivity contribution is 5.79. The molecule has 18 nitrogen and oxygen atoms in total. The molecule has 5 aliphatic carbocycles. The fourth-order valence-electron chi connectivity index (χ4n) is 15.0. The molecular weight excluding hydrogens is 852 g/mol. The van der Waals surface area contributed by atoms with Crippen molar-refractivity contribution < 1.29 is 89.4 Å². The van der Waals surface area contributed by atoms with Gasteiger partial charge in [-0.05, 0) is 104 Å². The maximum Gasteiger partial charge on any atom is 0.315 e.